The molecule has 4 nitrogen and oxygen atoms in total. The normalized spacial score (nSPS) is 31.1. The lowest BCUT2D eigenvalue weighted by Crippen LogP contribution is -2.41. The fraction of sp³-hybridized carbons (Fsp3) is 0.875. The molecule has 20 heavy (non-hydrogen) atoms. The highest BCUT2D eigenvalue weighted by Gasteiger charge is 2.35. The lowest BCUT2D eigenvalue weighted by Gasteiger charge is -2.39. The second-order valence-corrected chi connectivity index (χ2v) is 6.66. The van der Waals surface area contributed by atoms with Gasteiger partial charge < -0.3 is 10.4 Å². The molecule has 0 saturated heterocycles. The number of carbonyl (C=O) groups excluding carboxylic acids is 1. The van der Waals surface area contributed by atoms with E-state index in [0.717, 1.165) is 24.7 Å². The molecule has 4 atom stereocenters. The van der Waals surface area contributed by atoms with Crippen LogP contribution in [0.15, 0.2) is 0 Å². The zero-order valence-corrected chi connectivity index (χ0v) is 12.4. The van der Waals surface area contributed by atoms with Crippen LogP contribution >= 0.6 is 0 Å². The van der Waals surface area contributed by atoms with Crippen LogP contribution in [-0.2, 0) is 9.59 Å². The van der Waals surface area contributed by atoms with Crippen LogP contribution in [0, 0.1) is 17.8 Å². The Hall–Kier alpha value is -1.06. The van der Waals surface area contributed by atoms with Crippen LogP contribution in [0.3, 0.4) is 0 Å². The molecule has 0 heterocycles. The van der Waals surface area contributed by atoms with Crippen molar-refractivity contribution in [3.05, 3.63) is 0 Å². The molecule has 2 aliphatic carbocycles. The van der Waals surface area contributed by atoms with Gasteiger partial charge in [-0.05, 0) is 44.4 Å². The first kappa shape index (κ1) is 15.3. The Balaban J connectivity index is 1.76. The number of hydrogen-bond donors (Lipinski definition) is 2. The Morgan fingerprint density at radius 3 is 2.55 bits per heavy atom. The van der Waals surface area contributed by atoms with Crippen molar-refractivity contribution < 1.29 is 14.7 Å². The Kier molecular flexibility index (Phi) is 5.44. The van der Waals surface area contributed by atoms with Gasteiger partial charge in [-0.3, -0.25) is 9.59 Å². The van der Waals surface area contributed by atoms with Crippen molar-refractivity contribution in [3.63, 3.8) is 0 Å². The lowest BCUT2D eigenvalue weighted by atomic mass is 9.67. The van der Waals surface area contributed by atoms with Crippen LogP contribution in [0.25, 0.3) is 0 Å². The molecule has 0 aromatic heterocycles. The summed E-state index contributed by atoms with van der Waals surface area (Å²) in [5.41, 5.74) is 0. The van der Waals surface area contributed by atoms with Gasteiger partial charge in [0.1, 0.15) is 0 Å². The first-order valence-electron chi connectivity index (χ1n) is 8.08. The zero-order chi connectivity index (χ0) is 14.5. The van der Waals surface area contributed by atoms with Crippen LogP contribution in [0.5, 0.6) is 0 Å². The Morgan fingerprint density at radius 2 is 1.85 bits per heavy atom. The number of carbonyl (C=O) groups is 2. The Bertz CT molecular complexity index is 356. The molecule has 114 valence electrons. The Labute approximate surface area is 121 Å². The summed E-state index contributed by atoms with van der Waals surface area (Å²) < 4.78 is 0. The second-order valence-electron chi connectivity index (χ2n) is 6.66. The van der Waals surface area contributed by atoms with Gasteiger partial charge >= 0.3 is 5.97 Å². The summed E-state index contributed by atoms with van der Waals surface area (Å²) >= 11 is 0. The first-order chi connectivity index (χ1) is 9.56. The number of aliphatic carboxylic acids is 1. The average molecular weight is 281 g/mol. The first-order valence-corrected chi connectivity index (χ1v) is 8.08. The summed E-state index contributed by atoms with van der Waals surface area (Å²) in [6, 6.07) is -0.0392. The van der Waals surface area contributed by atoms with E-state index in [4.69, 9.17) is 5.11 Å². The molecule has 2 N–H and O–H groups in total. The van der Waals surface area contributed by atoms with Gasteiger partial charge in [-0.25, -0.2) is 0 Å². The quantitative estimate of drug-likeness (QED) is 0.814. The minimum absolute atomic E-state index is 0.0392. The number of nitrogens with one attached hydrogen (secondary N) is 1. The van der Waals surface area contributed by atoms with E-state index in [0.29, 0.717) is 6.42 Å². The van der Waals surface area contributed by atoms with Gasteiger partial charge in [-0.15, -0.1) is 0 Å². The molecule has 0 bridgehead atoms. The van der Waals surface area contributed by atoms with Gasteiger partial charge in [0.15, 0.2) is 0 Å². The zero-order valence-electron chi connectivity index (χ0n) is 12.4. The highest BCUT2D eigenvalue weighted by Crippen LogP contribution is 2.42. The highest BCUT2D eigenvalue weighted by molar-refractivity contribution is 5.79. The number of hydrogen-bond acceptors (Lipinski definition) is 2. The summed E-state index contributed by atoms with van der Waals surface area (Å²) in [5.74, 6) is 1.11. The third kappa shape index (κ3) is 4.22. The number of rotatable bonds is 5. The fourth-order valence-electron chi connectivity index (χ4n) is 3.88. The minimum atomic E-state index is -0.797. The van der Waals surface area contributed by atoms with Crippen LogP contribution in [0.2, 0.25) is 0 Å². The van der Waals surface area contributed by atoms with Gasteiger partial charge in [0, 0.05) is 18.4 Å². The Morgan fingerprint density at radius 1 is 1.15 bits per heavy atom. The molecule has 4 heteroatoms. The van der Waals surface area contributed by atoms with Crippen LogP contribution in [0.4, 0.5) is 0 Å². The molecule has 2 rings (SSSR count). The van der Waals surface area contributed by atoms with Gasteiger partial charge in [-0.2, -0.15) is 0 Å². The van der Waals surface area contributed by atoms with E-state index in [-0.39, 0.29) is 24.3 Å². The molecule has 4 unspecified atom stereocenters. The van der Waals surface area contributed by atoms with E-state index < -0.39 is 5.97 Å². The minimum Gasteiger partial charge on any atom is -0.481 e. The van der Waals surface area contributed by atoms with E-state index in [2.05, 4.69) is 5.32 Å². The number of amides is 1. The molecule has 0 aromatic carbocycles. The third-order valence-corrected chi connectivity index (χ3v) is 5.09. The molecular formula is C16H27NO3. The maximum atomic E-state index is 12.3. The van der Waals surface area contributed by atoms with Crippen molar-refractivity contribution >= 4 is 11.9 Å². The summed E-state index contributed by atoms with van der Waals surface area (Å²) in [6.07, 6.45) is 9.23. The predicted molar refractivity (Wildman–Crippen MR) is 77.3 cm³/mol. The third-order valence-electron chi connectivity index (χ3n) is 5.09. The van der Waals surface area contributed by atoms with Crippen molar-refractivity contribution in [2.75, 3.05) is 0 Å². The number of fused-ring (bicyclic) bond motifs is 1. The molecule has 0 aromatic rings. The SMILES string of the molecule is CC(CCC(=O)O)NC(=O)C1CCC2CCCCC2C1. The maximum absolute atomic E-state index is 12.3. The van der Waals surface area contributed by atoms with Crippen LogP contribution < -0.4 is 5.32 Å². The molecule has 0 radical (unpaired) electrons. The predicted octanol–water partition coefficient (Wildman–Crippen LogP) is 2.96. The van der Waals surface area contributed by atoms with Gasteiger partial charge in [0.05, 0.1) is 0 Å². The molecule has 1 amide bonds. The summed E-state index contributed by atoms with van der Waals surface area (Å²) in [5, 5.41) is 11.7. The standard InChI is InChI=1S/C16H27NO3/c1-11(6-9-15(18)19)17-16(20)14-8-7-12-4-2-3-5-13(12)10-14/h11-14H,2-10H2,1H3,(H,17,20)(H,18,19). The van der Waals surface area contributed by atoms with E-state index in [1.54, 1.807) is 0 Å². The van der Waals surface area contributed by atoms with Crippen molar-refractivity contribution in [1.29, 1.82) is 0 Å². The molecule has 0 spiro atoms. The van der Waals surface area contributed by atoms with Crippen LogP contribution in [0.1, 0.15) is 64.7 Å². The molecular weight excluding hydrogens is 254 g/mol. The fourth-order valence-corrected chi connectivity index (χ4v) is 3.88. The van der Waals surface area contributed by atoms with Crippen molar-refractivity contribution in [1.82, 2.24) is 5.32 Å². The highest BCUT2D eigenvalue weighted by atomic mass is 16.4. The molecule has 2 fully saturated rings. The largest absolute Gasteiger partial charge is 0.481 e. The molecule has 0 aliphatic heterocycles. The van der Waals surface area contributed by atoms with E-state index in [1.165, 1.54) is 32.1 Å². The van der Waals surface area contributed by atoms with E-state index >= 15 is 0 Å². The van der Waals surface area contributed by atoms with Crippen molar-refractivity contribution in [3.8, 4) is 0 Å². The summed E-state index contributed by atoms with van der Waals surface area (Å²) in [7, 11) is 0. The van der Waals surface area contributed by atoms with Gasteiger partial charge in [-0.1, -0.05) is 25.7 Å². The van der Waals surface area contributed by atoms with Crippen molar-refractivity contribution in [2.45, 2.75) is 70.8 Å². The summed E-state index contributed by atoms with van der Waals surface area (Å²) in [4.78, 5) is 22.8. The lowest BCUT2D eigenvalue weighted by molar-refractivity contribution is -0.137. The second kappa shape index (κ2) is 7.09. The monoisotopic (exact) mass is 281 g/mol. The topological polar surface area (TPSA) is 66.4 Å². The molecule has 2 aliphatic rings. The van der Waals surface area contributed by atoms with E-state index in [9.17, 15) is 9.59 Å². The van der Waals surface area contributed by atoms with Gasteiger partial charge in [0.25, 0.3) is 0 Å². The van der Waals surface area contributed by atoms with Crippen molar-refractivity contribution in [2.24, 2.45) is 17.8 Å². The van der Waals surface area contributed by atoms with Crippen LogP contribution in [-0.4, -0.2) is 23.0 Å². The summed E-state index contributed by atoms with van der Waals surface area (Å²) in [6.45, 7) is 1.90. The molecule has 2 saturated carbocycles. The number of carboxylic acid groups (broad SMARTS) is 1. The smallest absolute Gasteiger partial charge is 0.303 e. The van der Waals surface area contributed by atoms with E-state index in [1.807, 2.05) is 6.92 Å². The number of carboxylic acids is 1. The van der Waals surface area contributed by atoms with Gasteiger partial charge in [0.2, 0.25) is 5.91 Å². The average Bonchev–Trinajstić information content (AvgIpc) is 2.44. The maximum Gasteiger partial charge on any atom is 0.303 e.